The van der Waals surface area contributed by atoms with Crippen LogP contribution in [0.3, 0.4) is 0 Å². The summed E-state index contributed by atoms with van der Waals surface area (Å²) in [5, 5.41) is 22.4. The molecule has 0 fully saturated rings. The van der Waals surface area contributed by atoms with E-state index in [0.29, 0.717) is 16.6 Å². The summed E-state index contributed by atoms with van der Waals surface area (Å²) in [6, 6.07) is 2.22. The van der Waals surface area contributed by atoms with Crippen LogP contribution in [0.5, 0.6) is 0 Å². The van der Waals surface area contributed by atoms with Crippen LogP contribution in [-0.2, 0) is 22.4 Å². The molecule has 0 saturated carbocycles. The van der Waals surface area contributed by atoms with Crippen molar-refractivity contribution in [3.05, 3.63) is 44.0 Å². The van der Waals surface area contributed by atoms with Crippen molar-refractivity contribution in [1.29, 1.82) is 0 Å². The highest BCUT2D eigenvalue weighted by molar-refractivity contribution is 7.10. The number of aryl methyl sites for hydroxylation is 2. The fourth-order valence-corrected chi connectivity index (χ4v) is 4.15. The number of nitrogens with one attached hydrogen (secondary N) is 3. The molecule has 0 saturated heterocycles. The van der Waals surface area contributed by atoms with Crippen molar-refractivity contribution < 1.29 is 24.6 Å². The second-order valence-corrected chi connectivity index (χ2v) is 8.31. The molecule has 1 amide bonds. The Morgan fingerprint density at radius 2 is 1.91 bits per heavy atom. The number of hydrogen-bond acceptors (Lipinski definition) is 7. The van der Waals surface area contributed by atoms with Crippen molar-refractivity contribution in [2.45, 2.75) is 44.6 Å². The summed E-state index contributed by atoms with van der Waals surface area (Å²) in [6.07, 6.45) is 2.62. The van der Waals surface area contributed by atoms with Crippen LogP contribution in [0.2, 0.25) is 0 Å². The van der Waals surface area contributed by atoms with Gasteiger partial charge in [0.1, 0.15) is 11.7 Å². The number of carbonyl (C=O) groups excluding carboxylic acids is 1. The number of aromatic nitrogens is 3. The molecule has 0 spiro atoms. The van der Waals surface area contributed by atoms with Gasteiger partial charge in [0.05, 0.1) is 10.9 Å². The number of fused-ring (bicyclic) bond motifs is 1. The largest absolute Gasteiger partial charge is 0.481 e. The normalized spacial score (nSPS) is 12.0. The highest BCUT2D eigenvalue weighted by Gasteiger charge is 2.22. The van der Waals surface area contributed by atoms with Gasteiger partial charge in [-0.15, -0.1) is 11.3 Å². The molecule has 0 bridgehead atoms. The molecule has 32 heavy (non-hydrogen) atoms. The number of nitrogen functional groups attached to an aromatic ring is 1. The minimum absolute atomic E-state index is 0.0602. The number of nitrogens with two attached hydrogens (primary N) is 1. The number of carbonyl (C=O) groups is 3. The number of aliphatic carboxylic acids is 2. The number of anilines is 1. The maximum Gasteiger partial charge on any atom is 0.326 e. The average molecular weight is 462 g/mol. The lowest BCUT2D eigenvalue weighted by Crippen LogP contribution is -2.41. The number of hydrogen-bond donors (Lipinski definition) is 6. The molecular weight excluding hydrogens is 438 g/mol. The van der Waals surface area contributed by atoms with E-state index in [9.17, 15) is 19.2 Å². The Balaban J connectivity index is 1.49. The van der Waals surface area contributed by atoms with Crippen LogP contribution < -0.4 is 16.6 Å². The highest BCUT2D eigenvalue weighted by atomic mass is 32.1. The maximum absolute atomic E-state index is 12.3. The van der Waals surface area contributed by atoms with Crippen molar-refractivity contribution in [2.75, 3.05) is 5.73 Å². The molecule has 0 unspecified atom stereocenters. The monoisotopic (exact) mass is 461 g/mol. The highest BCUT2D eigenvalue weighted by Crippen LogP contribution is 2.19. The number of thiophene rings is 1. The van der Waals surface area contributed by atoms with Crippen LogP contribution in [0.1, 0.15) is 46.6 Å². The van der Waals surface area contributed by atoms with E-state index in [1.807, 2.05) is 0 Å². The van der Waals surface area contributed by atoms with Gasteiger partial charge in [-0.05, 0) is 44.2 Å². The molecule has 7 N–H and O–H groups in total. The number of H-pyrrole nitrogens is 2. The van der Waals surface area contributed by atoms with Crippen molar-refractivity contribution in [2.24, 2.45) is 0 Å². The van der Waals surface area contributed by atoms with Crippen LogP contribution in [0.25, 0.3) is 11.0 Å². The molecular formula is C20H23N5O6S. The predicted octanol–water partition coefficient (Wildman–Crippen LogP) is 1.51. The summed E-state index contributed by atoms with van der Waals surface area (Å²) in [4.78, 5) is 56.7. The number of nitrogens with zero attached hydrogens (tertiary/aromatic N) is 1. The van der Waals surface area contributed by atoms with Gasteiger partial charge in [-0.2, -0.15) is 4.98 Å². The van der Waals surface area contributed by atoms with Gasteiger partial charge in [-0.3, -0.25) is 19.4 Å². The second-order valence-electron chi connectivity index (χ2n) is 7.31. The van der Waals surface area contributed by atoms with E-state index >= 15 is 0 Å². The maximum atomic E-state index is 12.3. The first kappa shape index (κ1) is 23.0. The van der Waals surface area contributed by atoms with Gasteiger partial charge in [-0.1, -0.05) is 0 Å². The van der Waals surface area contributed by atoms with E-state index in [4.69, 9.17) is 15.9 Å². The van der Waals surface area contributed by atoms with E-state index in [2.05, 4.69) is 20.3 Å². The molecule has 12 heteroatoms. The molecule has 0 aliphatic heterocycles. The van der Waals surface area contributed by atoms with Crippen LogP contribution in [0.15, 0.2) is 22.3 Å². The fraction of sp³-hybridized carbons (Fsp3) is 0.350. The number of carboxylic acids is 2. The molecule has 0 radical (unpaired) electrons. The Labute approximate surface area is 185 Å². The summed E-state index contributed by atoms with van der Waals surface area (Å²) in [5.41, 5.74) is 6.95. The first-order valence-corrected chi connectivity index (χ1v) is 10.8. The quantitative estimate of drug-likeness (QED) is 0.231. The van der Waals surface area contributed by atoms with Gasteiger partial charge in [-0.25, -0.2) is 4.79 Å². The molecule has 0 aromatic carbocycles. The molecule has 0 aliphatic carbocycles. The summed E-state index contributed by atoms with van der Waals surface area (Å²) >= 11 is 1.41. The van der Waals surface area contributed by atoms with E-state index in [0.717, 1.165) is 36.3 Å². The van der Waals surface area contributed by atoms with E-state index in [1.54, 1.807) is 17.5 Å². The number of aromatic amines is 2. The first-order chi connectivity index (χ1) is 15.2. The zero-order valence-corrected chi connectivity index (χ0v) is 17.8. The van der Waals surface area contributed by atoms with E-state index < -0.39 is 23.9 Å². The molecule has 170 valence electrons. The van der Waals surface area contributed by atoms with Gasteiger partial charge in [0.2, 0.25) is 5.95 Å². The summed E-state index contributed by atoms with van der Waals surface area (Å²) in [7, 11) is 0. The lowest BCUT2D eigenvalue weighted by atomic mass is 10.1. The molecule has 3 rings (SSSR count). The van der Waals surface area contributed by atoms with Crippen molar-refractivity contribution in [3.63, 3.8) is 0 Å². The zero-order valence-electron chi connectivity index (χ0n) is 17.0. The molecule has 1 atom stereocenters. The molecule has 3 aromatic heterocycles. The number of unbranched alkanes of at least 4 members (excludes halogenated alkanes) is 1. The molecule has 11 nitrogen and oxygen atoms in total. The smallest absolute Gasteiger partial charge is 0.326 e. The molecule has 3 aromatic rings. The first-order valence-electron chi connectivity index (χ1n) is 9.93. The number of rotatable bonds is 11. The Morgan fingerprint density at radius 1 is 1.16 bits per heavy atom. The minimum Gasteiger partial charge on any atom is -0.481 e. The van der Waals surface area contributed by atoms with Crippen molar-refractivity contribution in [3.8, 4) is 0 Å². The van der Waals surface area contributed by atoms with Gasteiger partial charge in [0, 0.05) is 22.4 Å². The Hall–Kier alpha value is -3.67. The van der Waals surface area contributed by atoms with Crippen LogP contribution >= 0.6 is 11.3 Å². The summed E-state index contributed by atoms with van der Waals surface area (Å²) in [6.45, 7) is 0. The number of carboxylic acid groups (broad SMARTS) is 2. The lowest BCUT2D eigenvalue weighted by molar-refractivity contribution is -0.140. The van der Waals surface area contributed by atoms with Crippen LogP contribution in [0, 0.1) is 0 Å². The standard InChI is InChI=1S/C20H23N5O6S/c21-20-24-16-13(18(29)25-20)8-11(22-16)3-1-2-4-12-7-10(9-32-12)17(28)23-14(19(30)31)5-6-15(26)27/h7-9,14H,1-6H2,(H,23,28)(H,26,27)(H,30,31)(H4,21,22,24,25,29)/t14-/m1/s1. The van der Waals surface area contributed by atoms with Crippen molar-refractivity contribution in [1.82, 2.24) is 20.3 Å². The Kier molecular flexibility index (Phi) is 7.25. The SMILES string of the molecule is Nc1nc2[nH]c(CCCCc3cc(C(=O)N[C@H](CCC(=O)O)C(=O)O)cs3)cc2c(=O)[nH]1. The summed E-state index contributed by atoms with van der Waals surface area (Å²) < 4.78 is 0. The third-order valence-electron chi connectivity index (χ3n) is 4.86. The predicted molar refractivity (Wildman–Crippen MR) is 118 cm³/mol. The van der Waals surface area contributed by atoms with Crippen LogP contribution in [0.4, 0.5) is 5.95 Å². The molecule has 3 heterocycles. The average Bonchev–Trinajstić information content (AvgIpc) is 3.35. The Bertz CT molecular complexity index is 1200. The van der Waals surface area contributed by atoms with Gasteiger partial charge < -0.3 is 26.2 Å². The van der Waals surface area contributed by atoms with E-state index in [1.165, 1.54) is 11.3 Å². The topological polar surface area (TPSA) is 191 Å². The second kappa shape index (κ2) is 10.1. The Morgan fingerprint density at radius 3 is 2.62 bits per heavy atom. The van der Waals surface area contributed by atoms with Crippen molar-refractivity contribution >= 4 is 46.2 Å². The molecule has 0 aliphatic rings. The zero-order chi connectivity index (χ0) is 23.3. The van der Waals surface area contributed by atoms with Gasteiger partial charge >= 0.3 is 11.9 Å². The summed E-state index contributed by atoms with van der Waals surface area (Å²) in [5.74, 6) is -2.87. The fourth-order valence-electron chi connectivity index (χ4n) is 3.24. The number of amides is 1. The van der Waals surface area contributed by atoms with Gasteiger partial charge in [0.15, 0.2) is 0 Å². The lowest BCUT2D eigenvalue weighted by Gasteiger charge is -2.12. The van der Waals surface area contributed by atoms with Crippen LogP contribution in [-0.4, -0.2) is 49.1 Å². The van der Waals surface area contributed by atoms with E-state index in [-0.39, 0.29) is 24.3 Å². The van der Waals surface area contributed by atoms with Gasteiger partial charge in [0.25, 0.3) is 11.5 Å². The minimum atomic E-state index is -1.27. The third-order valence-corrected chi connectivity index (χ3v) is 5.85. The third kappa shape index (κ3) is 5.94.